The zero-order valence-corrected chi connectivity index (χ0v) is 22.9. The molecule has 2 nitrogen and oxygen atoms in total. The van der Waals surface area contributed by atoms with Crippen molar-refractivity contribution in [3.05, 3.63) is 113 Å². The van der Waals surface area contributed by atoms with Gasteiger partial charge in [-0.1, -0.05) is 36.4 Å². The van der Waals surface area contributed by atoms with Gasteiger partial charge in [0.15, 0.2) is 17.5 Å². The lowest BCUT2D eigenvalue weighted by Crippen LogP contribution is -2.25. The predicted octanol–water partition coefficient (Wildman–Crippen LogP) is 10.0. The Balaban J connectivity index is 1.34. The normalized spacial score (nSPS) is 17.2. The van der Waals surface area contributed by atoms with Gasteiger partial charge in [0.05, 0.1) is 6.10 Å². The second-order valence-electron chi connectivity index (χ2n) is 10.4. The summed E-state index contributed by atoms with van der Waals surface area (Å²) < 4.78 is 124. The van der Waals surface area contributed by atoms with E-state index in [0.29, 0.717) is 36.3 Å². The lowest BCUT2D eigenvalue weighted by atomic mass is 9.82. The number of halogens is 8. The quantitative estimate of drug-likeness (QED) is 0.147. The zero-order chi connectivity index (χ0) is 30.9. The van der Waals surface area contributed by atoms with Crippen molar-refractivity contribution in [2.24, 2.45) is 0 Å². The first kappa shape index (κ1) is 30.5. The van der Waals surface area contributed by atoms with E-state index in [2.05, 4.69) is 4.74 Å². The summed E-state index contributed by atoms with van der Waals surface area (Å²) in [6.45, 7) is 2.68. The maximum Gasteiger partial charge on any atom is 0.432 e. The molecule has 0 unspecified atom stereocenters. The van der Waals surface area contributed by atoms with Crippen molar-refractivity contribution >= 4 is 0 Å². The highest BCUT2D eigenvalue weighted by atomic mass is 19.3. The van der Waals surface area contributed by atoms with Crippen molar-refractivity contribution in [3.8, 4) is 28.0 Å². The average molecular weight is 607 g/mol. The first-order valence-electron chi connectivity index (χ1n) is 13.7. The number of benzene rings is 4. The van der Waals surface area contributed by atoms with Crippen LogP contribution in [0.15, 0.2) is 66.7 Å². The van der Waals surface area contributed by atoms with E-state index in [0.717, 1.165) is 31.2 Å². The molecule has 0 N–H and O–H groups in total. The first-order valence-corrected chi connectivity index (χ1v) is 13.7. The lowest BCUT2D eigenvalue weighted by Gasteiger charge is -2.28. The van der Waals surface area contributed by atoms with Gasteiger partial charge in [-0.3, -0.25) is 0 Å². The summed E-state index contributed by atoms with van der Waals surface area (Å²) in [5, 5.41) is 0. The topological polar surface area (TPSA) is 18.5 Å². The van der Waals surface area contributed by atoms with E-state index in [4.69, 9.17) is 4.74 Å². The molecule has 0 saturated heterocycles. The van der Waals surface area contributed by atoms with Crippen molar-refractivity contribution in [2.45, 2.75) is 50.7 Å². The van der Waals surface area contributed by atoms with Crippen LogP contribution in [0.4, 0.5) is 35.1 Å². The average Bonchev–Trinajstić information content (AvgIpc) is 2.95. The van der Waals surface area contributed by atoms with Crippen LogP contribution >= 0.6 is 0 Å². The summed E-state index contributed by atoms with van der Waals surface area (Å²) in [6, 6.07) is 12.9. The van der Waals surface area contributed by atoms with Crippen molar-refractivity contribution in [2.75, 3.05) is 6.61 Å². The fraction of sp³-hybridized carbons (Fsp3) is 0.273. The Morgan fingerprint density at radius 2 is 1.21 bits per heavy atom. The number of hydrogen-bond donors (Lipinski definition) is 0. The van der Waals surface area contributed by atoms with Gasteiger partial charge in [-0.25, -0.2) is 26.3 Å². The van der Waals surface area contributed by atoms with Crippen LogP contribution in [-0.2, 0) is 10.8 Å². The second kappa shape index (κ2) is 12.4. The van der Waals surface area contributed by atoms with Gasteiger partial charge in [0.2, 0.25) is 0 Å². The highest BCUT2D eigenvalue weighted by Gasteiger charge is 2.41. The molecule has 1 saturated carbocycles. The van der Waals surface area contributed by atoms with Crippen LogP contribution in [0.3, 0.4) is 0 Å². The molecule has 4 aromatic rings. The van der Waals surface area contributed by atoms with Gasteiger partial charge in [-0.15, -0.1) is 0 Å². The van der Waals surface area contributed by atoms with Gasteiger partial charge in [-0.2, -0.15) is 8.78 Å². The molecular weight excluding hydrogens is 580 g/mol. The molecule has 0 amide bonds. The van der Waals surface area contributed by atoms with Crippen LogP contribution in [0.1, 0.15) is 49.7 Å². The molecule has 0 atom stereocenters. The van der Waals surface area contributed by atoms with Crippen molar-refractivity contribution in [1.29, 1.82) is 0 Å². The second-order valence-corrected chi connectivity index (χ2v) is 10.4. The van der Waals surface area contributed by atoms with E-state index in [1.807, 2.05) is 31.2 Å². The summed E-state index contributed by atoms with van der Waals surface area (Å²) in [5.74, 6) is -10.8. The van der Waals surface area contributed by atoms with Crippen LogP contribution in [-0.4, -0.2) is 12.7 Å². The van der Waals surface area contributed by atoms with Gasteiger partial charge < -0.3 is 9.47 Å². The maximum atomic E-state index is 15.2. The summed E-state index contributed by atoms with van der Waals surface area (Å²) in [6.07, 6.45) is -0.438. The molecular formula is C33H26F8O2. The standard InChI is InChI=1S/C33H26F8O2/c1-2-42-23-10-7-19(8-11-23)18-3-5-20(6-4-18)21-9-12-25(26(34)13-21)22-14-27(35)31(28(36)15-22)33(40,41)43-24-16-29(37)32(39)30(38)17-24/h3-6,9,12-17,19,23H,2,7-8,10-11H2,1H3. The van der Waals surface area contributed by atoms with Crippen molar-refractivity contribution in [1.82, 2.24) is 0 Å². The smallest absolute Gasteiger partial charge is 0.429 e. The fourth-order valence-corrected chi connectivity index (χ4v) is 5.47. The van der Waals surface area contributed by atoms with E-state index < -0.39 is 52.3 Å². The summed E-state index contributed by atoms with van der Waals surface area (Å²) >= 11 is 0. The third-order valence-corrected chi connectivity index (χ3v) is 7.61. The van der Waals surface area contributed by atoms with E-state index in [1.165, 1.54) is 17.7 Å². The Labute approximate surface area is 242 Å². The van der Waals surface area contributed by atoms with E-state index in [1.54, 1.807) is 6.07 Å². The fourth-order valence-electron chi connectivity index (χ4n) is 5.47. The largest absolute Gasteiger partial charge is 0.432 e. The van der Waals surface area contributed by atoms with Crippen molar-refractivity contribution in [3.63, 3.8) is 0 Å². The SMILES string of the molecule is CCOC1CCC(c2ccc(-c3ccc(-c4cc(F)c(C(F)(F)Oc5cc(F)c(F)c(F)c5)c(F)c4)c(F)c3)cc2)CC1. The Bertz CT molecular complexity index is 1570. The molecule has 0 aromatic heterocycles. The number of rotatable bonds is 8. The molecule has 0 heterocycles. The number of alkyl halides is 2. The minimum absolute atomic E-state index is 0.106. The van der Waals surface area contributed by atoms with E-state index in [-0.39, 0.29) is 23.3 Å². The molecule has 5 rings (SSSR count). The molecule has 226 valence electrons. The molecule has 0 aliphatic heterocycles. The molecule has 1 aliphatic carbocycles. The molecule has 0 radical (unpaired) electrons. The molecule has 1 aliphatic rings. The third-order valence-electron chi connectivity index (χ3n) is 7.61. The molecule has 0 spiro atoms. The predicted molar refractivity (Wildman–Crippen MR) is 145 cm³/mol. The summed E-state index contributed by atoms with van der Waals surface area (Å²) in [4.78, 5) is 0. The Hall–Kier alpha value is -3.92. The maximum absolute atomic E-state index is 15.2. The summed E-state index contributed by atoms with van der Waals surface area (Å²) in [7, 11) is 0. The monoisotopic (exact) mass is 606 g/mol. The van der Waals surface area contributed by atoms with Gasteiger partial charge >= 0.3 is 6.11 Å². The van der Waals surface area contributed by atoms with Crippen LogP contribution in [0, 0.1) is 34.9 Å². The third kappa shape index (κ3) is 6.54. The Kier molecular flexibility index (Phi) is 8.78. The summed E-state index contributed by atoms with van der Waals surface area (Å²) in [5.41, 5.74) is -0.0835. The lowest BCUT2D eigenvalue weighted by molar-refractivity contribution is -0.189. The first-order chi connectivity index (χ1) is 20.5. The minimum atomic E-state index is -4.75. The highest BCUT2D eigenvalue weighted by Crippen LogP contribution is 2.39. The number of ether oxygens (including phenoxy) is 2. The van der Waals surface area contributed by atoms with Crippen LogP contribution in [0.2, 0.25) is 0 Å². The van der Waals surface area contributed by atoms with E-state index >= 15 is 4.39 Å². The Morgan fingerprint density at radius 1 is 0.651 bits per heavy atom. The number of hydrogen-bond acceptors (Lipinski definition) is 2. The molecule has 4 aromatic carbocycles. The van der Waals surface area contributed by atoms with Crippen molar-refractivity contribution < 1.29 is 44.6 Å². The molecule has 10 heteroatoms. The molecule has 0 bridgehead atoms. The highest BCUT2D eigenvalue weighted by molar-refractivity contribution is 5.71. The van der Waals surface area contributed by atoms with Crippen LogP contribution in [0.5, 0.6) is 5.75 Å². The minimum Gasteiger partial charge on any atom is -0.429 e. The van der Waals surface area contributed by atoms with Gasteiger partial charge in [0.25, 0.3) is 0 Å². The van der Waals surface area contributed by atoms with E-state index in [9.17, 15) is 30.7 Å². The van der Waals surface area contributed by atoms with Crippen LogP contribution < -0.4 is 4.74 Å². The molecule has 43 heavy (non-hydrogen) atoms. The van der Waals surface area contributed by atoms with Crippen LogP contribution in [0.25, 0.3) is 22.3 Å². The zero-order valence-electron chi connectivity index (χ0n) is 22.9. The Morgan fingerprint density at radius 3 is 1.77 bits per heavy atom. The van der Waals surface area contributed by atoms with Gasteiger partial charge in [-0.05, 0) is 79.0 Å². The van der Waals surface area contributed by atoms with Gasteiger partial charge in [0.1, 0.15) is 28.8 Å². The van der Waals surface area contributed by atoms with Gasteiger partial charge in [0, 0.05) is 24.3 Å². The molecule has 1 fully saturated rings.